The number of benzene rings is 1. The Morgan fingerprint density at radius 2 is 1.83 bits per heavy atom. The predicted octanol–water partition coefficient (Wildman–Crippen LogP) is 3.93. The molecule has 1 aromatic carbocycles. The SMILES string of the molecule is CCC(CC)(CNc1ccc([N+](=O)[O-])cc1)SC. The molecule has 0 saturated heterocycles. The molecule has 0 amide bonds. The number of hydrogen-bond donors (Lipinski definition) is 1. The number of nitrogens with zero attached hydrogens (tertiary/aromatic N) is 1. The quantitative estimate of drug-likeness (QED) is 0.601. The maximum Gasteiger partial charge on any atom is 0.269 e. The van der Waals surface area contributed by atoms with Crippen LogP contribution in [0.5, 0.6) is 0 Å². The van der Waals surface area contributed by atoms with Crippen molar-refractivity contribution in [3.05, 3.63) is 34.4 Å². The van der Waals surface area contributed by atoms with Gasteiger partial charge in [-0.1, -0.05) is 13.8 Å². The molecule has 1 rings (SSSR count). The Labute approximate surface area is 112 Å². The zero-order valence-electron chi connectivity index (χ0n) is 11.1. The lowest BCUT2D eigenvalue weighted by molar-refractivity contribution is -0.384. The molecule has 100 valence electrons. The third-order valence-corrected chi connectivity index (χ3v) is 5.00. The van der Waals surface area contributed by atoms with Gasteiger partial charge < -0.3 is 5.32 Å². The van der Waals surface area contributed by atoms with Crippen molar-refractivity contribution < 1.29 is 4.92 Å². The van der Waals surface area contributed by atoms with Crippen LogP contribution in [0, 0.1) is 10.1 Å². The van der Waals surface area contributed by atoms with Gasteiger partial charge in [0, 0.05) is 29.1 Å². The molecule has 5 heteroatoms. The van der Waals surface area contributed by atoms with Gasteiger partial charge in [-0.25, -0.2) is 0 Å². The van der Waals surface area contributed by atoms with Crippen LogP contribution in [0.25, 0.3) is 0 Å². The van der Waals surface area contributed by atoms with E-state index in [0.29, 0.717) is 0 Å². The summed E-state index contributed by atoms with van der Waals surface area (Å²) in [4.78, 5) is 10.2. The summed E-state index contributed by atoms with van der Waals surface area (Å²) in [5, 5.41) is 13.9. The van der Waals surface area contributed by atoms with Crippen molar-refractivity contribution in [1.82, 2.24) is 0 Å². The fourth-order valence-corrected chi connectivity index (χ4v) is 2.62. The molecule has 0 saturated carbocycles. The molecule has 4 nitrogen and oxygen atoms in total. The third kappa shape index (κ3) is 3.63. The normalized spacial score (nSPS) is 11.3. The second-order valence-electron chi connectivity index (χ2n) is 4.25. The van der Waals surface area contributed by atoms with E-state index in [9.17, 15) is 10.1 Å². The van der Waals surface area contributed by atoms with E-state index >= 15 is 0 Å². The van der Waals surface area contributed by atoms with E-state index < -0.39 is 0 Å². The topological polar surface area (TPSA) is 55.2 Å². The van der Waals surface area contributed by atoms with Crippen LogP contribution in [-0.4, -0.2) is 22.5 Å². The number of nitrogens with one attached hydrogen (secondary N) is 1. The molecule has 0 bridgehead atoms. The lowest BCUT2D eigenvalue weighted by atomic mass is 10.0. The smallest absolute Gasteiger partial charge is 0.269 e. The maximum atomic E-state index is 10.6. The van der Waals surface area contributed by atoms with Crippen LogP contribution in [0.1, 0.15) is 26.7 Å². The molecule has 0 aliphatic heterocycles. The van der Waals surface area contributed by atoms with Gasteiger partial charge in [-0.2, -0.15) is 11.8 Å². The monoisotopic (exact) mass is 268 g/mol. The molecule has 0 aliphatic carbocycles. The molecule has 0 radical (unpaired) electrons. The van der Waals surface area contributed by atoms with Crippen molar-refractivity contribution >= 4 is 23.1 Å². The van der Waals surface area contributed by atoms with Crippen molar-refractivity contribution in [2.24, 2.45) is 0 Å². The van der Waals surface area contributed by atoms with E-state index in [0.717, 1.165) is 25.1 Å². The molecule has 0 unspecified atom stereocenters. The summed E-state index contributed by atoms with van der Waals surface area (Å²) < 4.78 is 0.238. The van der Waals surface area contributed by atoms with Gasteiger partial charge in [-0.15, -0.1) is 0 Å². The average molecular weight is 268 g/mol. The van der Waals surface area contributed by atoms with Crippen LogP contribution in [-0.2, 0) is 0 Å². The maximum absolute atomic E-state index is 10.6. The number of nitro benzene ring substituents is 1. The fraction of sp³-hybridized carbons (Fsp3) is 0.538. The van der Waals surface area contributed by atoms with Gasteiger partial charge in [-0.3, -0.25) is 10.1 Å². The zero-order valence-corrected chi connectivity index (χ0v) is 11.9. The summed E-state index contributed by atoms with van der Waals surface area (Å²) in [5.74, 6) is 0. The third-order valence-electron chi connectivity index (χ3n) is 3.41. The molecule has 0 aliphatic rings. The number of non-ortho nitro benzene ring substituents is 1. The van der Waals surface area contributed by atoms with E-state index in [4.69, 9.17) is 0 Å². The molecule has 18 heavy (non-hydrogen) atoms. The second kappa shape index (κ2) is 6.64. The first-order valence-electron chi connectivity index (χ1n) is 6.10. The van der Waals surface area contributed by atoms with Crippen molar-refractivity contribution in [2.75, 3.05) is 18.1 Å². The number of hydrogen-bond acceptors (Lipinski definition) is 4. The van der Waals surface area contributed by atoms with Gasteiger partial charge in [0.05, 0.1) is 4.92 Å². The van der Waals surface area contributed by atoms with E-state index in [1.165, 1.54) is 12.1 Å². The summed E-state index contributed by atoms with van der Waals surface area (Å²) >= 11 is 1.87. The average Bonchev–Trinajstić information content (AvgIpc) is 2.41. The van der Waals surface area contributed by atoms with Crippen LogP contribution in [0.15, 0.2) is 24.3 Å². The van der Waals surface area contributed by atoms with Gasteiger partial charge in [0.25, 0.3) is 5.69 Å². The molecule has 0 fully saturated rings. The highest BCUT2D eigenvalue weighted by molar-refractivity contribution is 8.00. The van der Waals surface area contributed by atoms with Crippen LogP contribution in [0.2, 0.25) is 0 Å². The molecule has 0 spiro atoms. The standard InChI is InChI=1S/C13H20N2O2S/c1-4-13(5-2,18-3)10-14-11-6-8-12(9-7-11)15(16)17/h6-9,14H,4-5,10H2,1-3H3. The van der Waals surface area contributed by atoms with Crippen LogP contribution >= 0.6 is 11.8 Å². The first kappa shape index (κ1) is 14.8. The van der Waals surface area contributed by atoms with E-state index in [1.54, 1.807) is 12.1 Å². The van der Waals surface area contributed by atoms with Crippen LogP contribution < -0.4 is 5.32 Å². The molecular weight excluding hydrogens is 248 g/mol. The Morgan fingerprint density at radius 3 is 2.22 bits per heavy atom. The summed E-state index contributed by atoms with van der Waals surface area (Å²) in [5.41, 5.74) is 1.06. The molecule has 1 aromatic rings. The van der Waals surface area contributed by atoms with Gasteiger partial charge in [0.1, 0.15) is 0 Å². The molecule has 1 N–H and O–H groups in total. The Morgan fingerprint density at radius 1 is 1.28 bits per heavy atom. The van der Waals surface area contributed by atoms with E-state index in [2.05, 4.69) is 25.4 Å². The van der Waals surface area contributed by atoms with E-state index in [-0.39, 0.29) is 15.4 Å². The number of thioether (sulfide) groups is 1. The summed E-state index contributed by atoms with van der Waals surface area (Å²) in [6.45, 7) is 5.26. The van der Waals surface area contributed by atoms with E-state index in [1.807, 2.05) is 11.8 Å². The van der Waals surface area contributed by atoms with Gasteiger partial charge in [0.2, 0.25) is 0 Å². The molecule has 0 atom stereocenters. The molecular formula is C13H20N2O2S. The summed E-state index contributed by atoms with van der Waals surface area (Å²) in [6, 6.07) is 6.57. The van der Waals surface area contributed by atoms with Crippen molar-refractivity contribution in [1.29, 1.82) is 0 Å². The minimum Gasteiger partial charge on any atom is -0.384 e. The van der Waals surface area contributed by atoms with Crippen LogP contribution in [0.3, 0.4) is 0 Å². The fourth-order valence-electron chi connectivity index (χ4n) is 1.82. The number of anilines is 1. The first-order valence-corrected chi connectivity index (χ1v) is 7.33. The highest BCUT2D eigenvalue weighted by Gasteiger charge is 2.24. The van der Waals surface area contributed by atoms with Crippen molar-refractivity contribution in [2.45, 2.75) is 31.4 Å². The highest BCUT2D eigenvalue weighted by atomic mass is 32.2. The lowest BCUT2D eigenvalue weighted by Crippen LogP contribution is -2.31. The summed E-state index contributed by atoms with van der Waals surface area (Å²) in [6.07, 6.45) is 4.33. The highest BCUT2D eigenvalue weighted by Crippen LogP contribution is 2.30. The molecule has 0 heterocycles. The Kier molecular flexibility index (Phi) is 5.47. The first-order chi connectivity index (χ1) is 8.56. The second-order valence-corrected chi connectivity index (χ2v) is 5.53. The largest absolute Gasteiger partial charge is 0.384 e. The van der Waals surface area contributed by atoms with Gasteiger partial charge in [0.15, 0.2) is 0 Å². The Hall–Kier alpha value is -1.23. The molecule has 0 aromatic heterocycles. The Bertz CT molecular complexity index is 380. The lowest BCUT2D eigenvalue weighted by Gasteiger charge is -2.30. The minimum atomic E-state index is -0.381. The van der Waals surface area contributed by atoms with Crippen molar-refractivity contribution in [3.63, 3.8) is 0 Å². The number of nitro groups is 1. The summed E-state index contributed by atoms with van der Waals surface area (Å²) in [7, 11) is 0. The van der Waals surface area contributed by atoms with Gasteiger partial charge >= 0.3 is 0 Å². The number of rotatable bonds is 7. The van der Waals surface area contributed by atoms with Crippen LogP contribution in [0.4, 0.5) is 11.4 Å². The van der Waals surface area contributed by atoms with Crippen molar-refractivity contribution in [3.8, 4) is 0 Å². The predicted molar refractivity (Wildman–Crippen MR) is 78.4 cm³/mol. The minimum absolute atomic E-state index is 0.127. The van der Waals surface area contributed by atoms with Gasteiger partial charge in [-0.05, 0) is 31.2 Å². The zero-order chi connectivity index (χ0) is 13.6. The Balaban J connectivity index is 2.65.